The molecule has 0 amide bonds. The number of halogens is 1. The predicted octanol–water partition coefficient (Wildman–Crippen LogP) is 5.02. The Morgan fingerprint density at radius 2 is 1.59 bits per heavy atom. The third-order valence-electron chi connectivity index (χ3n) is 4.44. The number of hydrogen-bond acceptors (Lipinski definition) is 4. The van der Waals surface area contributed by atoms with Gasteiger partial charge in [-0.3, -0.25) is 14.5 Å². The molecule has 0 bridgehead atoms. The number of carbonyl (C=O) groups is 1. The molecule has 5 nitrogen and oxygen atoms in total. The number of nitrogens with zero attached hydrogens (tertiary/aromatic N) is 1. The number of ketones is 1. The Balaban J connectivity index is 1.97. The van der Waals surface area contributed by atoms with Gasteiger partial charge in [0.1, 0.15) is 0 Å². The molecule has 7 heteroatoms. The van der Waals surface area contributed by atoms with Crippen LogP contribution in [0.5, 0.6) is 0 Å². The van der Waals surface area contributed by atoms with Crippen LogP contribution in [-0.4, -0.2) is 19.2 Å². The van der Waals surface area contributed by atoms with E-state index in [0.717, 1.165) is 9.13 Å². The topological polar surface area (TPSA) is 76.1 Å². The first kappa shape index (κ1) is 21.4. The van der Waals surface area contributed by atoms with Gasteiger partial charge >= 0.3 is 0 Å². The lowest BCUT2D eigenvalue weighted by Crippen LogP contribution is -2.17. The van der Waals surface area contributed by atoms with Crippen molar-refractivity contribution in [2.45, 2.75) is 31.1 Å². The molecule has 0 unspecified atom stereocenters. The maximum Gasteiger partial charge on any atom is 0.261 e. The number of sulfonamides is 1. The van der Waals surface area contributed by atoms with Crippen molar-refractivity contribution in [2.75, 3.05) is 4.72 Å². The van der Waals surface area contributed by atoms with Crippen LogP contribution >= 0.6 is 22.6 Å². The van der Waals surface area contributed by atoms with Crippen molar-refractivity contribution in [2.24, 2.45) is 0 Å². The summed E-state index contributed by atoms with van der Waals surface area (Å²) in [5, 5.41) is 0. The first-order valence-electron chi connectivity index (χ1n) is 8.95. The van der Waals surface area contributed by atoms with Crippen molar-refractivity contribution in [1.82, 2.24) is 4.98 Å². The smallest absolute Gasteiger partial charge is 0.261 e. The monoisotopic (exact) mass is 520 g/mol. The first-order valence-corrected chi connectivity index (χ1v) is 11.5. The van der Waals surface area contributed by atoms with E-state index in [1.807, 2.05) is 12.1 Å². The van der Waals surface area contributed by atoms with E-state index in [0.29, 0.717) is 5.56 Å². The molecule has 3 aromatic rings. The molecule has 3 rings (SSSR count). The van der Waals surface area contributed by atoms with Gasteiger partial charge in [0.05, 0.1) is 10.6 Å². The number of rotatable bonds is 5. The fourth-order valence-electron chi connectivity index (χ4n) is 2.80. The lowest BCUT2D eigenvalue weighted by atomic mass is 9.87. The molecule has 1 heterocycles. The summed E-state index contributed by atoms with van der Waals surface area (Å²) in [5.41, 5.74) is 1.94. The second-order valence-electron chi connectivity index (χ2n) is 7.63. The zero-order valence-corrected chi connectivity index (χ0v) is 19.3. The Bertz CT molecular complexity index is 1140. The largest absolute Gasteiger partial charge is 0.289 e. The Morgan fingerprint density at radius 1 is 0.966 bits per heavy atom. The van der Waals surface area contributed by atoms with Crippen molar-refractivity contribution in [3.8, 4) is 0 Å². The van der Waals surface area contributed by atoms with Crippen LogP contribution in [0.4, 0.5) is 5.69 Å². The SMILES string of the molecule is CC(C)(C)c1ccc(S(=O)(=O)Nc2cc(I)ccc2C(=O)c2ccncc2)cc1. The van der Waals surface area contributed by atoms with E-state index in [2.05, 4.69) is 53.1 Å². The maximum atomic E-state index is 13.0. The Labute approximate surface area is 184 Å². The van der Waals surface area contributed by atoms with Crippen molar-refractivity contribution in [1.29, 1.82) is 0 Å². The summed E-state index contributed by atoms with van der Waals surface area (Å²) in [4.78, 5) is 17.0. The summed E-state index contributed by atoms with van der Waals surface area (Å²) in [6.07, 6.45) is 3.06. The van der Waals surface area contributed by atoms with E-state index >= 15 is 0 Å². The predicted molar refractivity (Wildman–Crippen MR) is 123 cm³/mol. The van der Waals surface area contributed by atoms with Crippen molar-refractivity contribution < 1.29 is 13.2 Å². The molecule has 0 spiro atoms. The van der Waals surface area contributed by atoms with Crippen LogP contribution < -0.4 is 4.72 Å². The standard InChI is InChI=1S/C22H21IN2O3S/c1-22(2,3)16-4-7-18(8-5-16)29(27,28)25-20-14-17(23)6-9-19(20)21(26)15-10-12-24-13-11-15/h4-14,25H,1-3H3. The summed E-state index contributed by atoms with van der Waals surface area (Å²) in [6, 6.07) is 15.0. The number of anilines is 1. The van der Waals surface area contributed by atoms with Gasteiger partial charge in [-0.25, -0.2) is 8.42 Å². The molecule has 0 aliphatic carbocycles. The second-order valence-corrected chi connectivity index (χ2v) is 10.6. The van der Waals surface area contributed by atoms with E-state index in [-0.39, 0.29) is 27.3 Å². The molecule has 29 heavy (non-hydrogen) atoms. The van der Waals surface area contributed by atoms with Crippen LogP contribution in [0, 0.1) is 3.57 Å². The average Bonchev–Trinajstić information content (AvgIpc) is 2.67. The number of pyridine rings is 1. The van der Waals surface area contributed by atoms with Crippen LogP contribution in [0.1, 0.15) is 42.3 Å². The lowest BCUT2D eigenvalue weighted by molar-refractivity contribution is 0.103. The number of benzene rings is 2. The zero-order chi connectivity index (χ0) is 21.2. The Morgan fingerprint density at radius 3 is 2.17 bits per heavy atom. The van der Waals surface area contributed by atoms with Gasteiger partial charge in [-0.2, -0.15) is 0 Å². The molecule has 0 aliphatic heterocycles. The molecule has 0 atom stereocenters. The van der Waals surface area contributed by atoms with Gasteiger partial charge in [0, 0.05) is 27.1 Å². The first-order chi connectivity index (χ1) is 13.6. The number of nitrogens with one attached hydrogen (secondary N) is 1. The van der Waals surface area contributed by atoms with Crippen LogP contribution in [0.15, 0.2) is 71.9 Å². The molecule has 1 N–H and O–H groups in total. The van der Waals surface area contributed by atoms with E-state index < -0.39 is 10.0 Å². The minimum atomic E-state index is -3.85. The third-order valence-corrected chi connectivity index (χ3v) is 6.50. The van der Waals surface area contributed by atoms with Crippen molar-refractivity contribution in [3.05, 3.63) is 87.3 Å². The molecular weight excluding hydrogens is 499 g/mol. The number of hydrogen-bond donors (Lipinski definition) is 1. The van der Waals surface area contributed by atoms with Crippen molar-refractivity contribution in [3.63, 3.8) is 0 Å². The summed E-state index contributed by atoms with van der Waals surface area (Å²) in [7, 11) is -3.85. The Kier molecular flexibility index (Phi) is 6.09. The highest BCUT2D eigenvalue weighted by Crippen LogP contribution is 2.27. The fraction of sp³-hybridized carbons (Fsp3) is 0.182. The molecule has 0 saturated heterocycles. The van der Waals surface area contributed by atoms with Crippen LogP contribution in [0.25, 0.3) is 0 Å². The lowest BCUT2D eigenvalue weighted by Gasteiger charge is -2.19. The summed E-state index contributed by atoms with van der Waals surface area (Å²) < 4.78 is 29.3. The van der Waals surface area contributed by atoms with Gasteiger partial charge in [-0.15, -0.1) is 0 Å². The second kappa shape index (κ2) is 8.23. The minimum absolute atomic E-state index is 0.0740. The van der Waals surface area contributed by atoms with Crippen LogP contribution in [0.2, 0.25) is 0 Å². The Hall–Kier alpha value is -2.26. The molecule has 0 radical (unpaired) electrons. The third kappa shape index (κ3) is 5.02. The van der Waals surface area contributed by atoms with E-state index in [1.54, 1.807) is 42.5 Å². The van der Waals surface area contributed by atoms with Crippen LogP contribution in [-0.2, 0) is 15.4 Å². The molecule has 1 aromatic heterocycles. The van der Waals surface area contributed by atoms with Gasteiger partial charge in [0.25, 0.3) is 10.0 Å². The molecule has 0 aliphatic rings. The van der Waals surface area contributed by atoms with E-state index in [4.69, 9.17) is 0 Å². The molecule has 0 saturated carbocycles. The van der Waals surface area contributed by atoms with Gasteiger partial charge in [-0.05, 0) is 76.0 Å². The average molecular weight is 520 g/mol. The minimum Gasteiger partial charge on any atom is -0.289 e. The highest BCUT2D eigenvalue weighted by Gasteiger charge is 2.21. The van der Waals surface area contributed by atoms with Gasteiger partial charge in [-0.1, -0.05) is 32.9 Å². The van der Waals surface area contributed by atoms with E-state index in [1.165, 1.54) is 12.4 Å². The molecule has 2 aromatic carbocycles. The van der Waals surface area contributed by atoms with E-state index in [9.17, 15) is 13.2 Å². The zero-order valence-electron chi connectivity index (χ0n) is 16.3. The molecular formula is C22H21IN2O3S. The quantitative estimate of drug-likeness (QED) is 0.379. The summed E-state index contributed by atoms with van der Waals surface area (Å²) in [6.45, 7) is 6.20. The molecule has 150 valence electrons. The normalized spacial score (nSPS) is 11.9. The fourth-order valence-corrected chi connectivity index (χ4v) is 4.36. The highest BCUT2D eigenvalue weighted by atomic mass is 127. The van der Waals surface area contributed by atoms with Gasteiger partial charge in [0.2, 0.25) is 0 Å². The maximum absolute atomic E-state index is 13.0. The number of carbonyl (C=O) groups excluding carboxylic acids is 1. The van der Waals surface area contributed by atoms with Crippen LogP contribution in [0.3, 0.4) is 0 Å². The summed E-state index contributed by atoms with van der Waals surface area (Å²) >= 11 is 2.08. The van der Waals surface area contributed by atoms with Gasteiger partial charge < -0.3 is 0 Å². The van der Waals surface area contributed by atoms with Gasteiger partial charge in [0.15, 0.2) is 5.78 Å². The van der Waals surface area contributed by atoms with Crippen molar-refractivity contribution >= 4 is 44.1 Å². The number of aromatic nitrogens is 1. The molecule has 0 fully saturated rings. The summed E-state index contributed by atoms with van der Waals surface area (Å²) in [5.74, 6) is -0.274. The highest BCUT2D eigenvalue weighted by molar-refractivity contribution is 14.1.